The summed E-state index contributed by atoms with van der Waals surface area (Å²) in [6, 6.07) is 15.7. The summed E-state index contributed by atoms with van der Waals surface area (Å²) in [5.41, 5.74) is 3.33. The van der Waals surface area contributed by atoms with Gasteiger partial charge in [-0.3, -0.25) is 14.7 Å². The number of aryl methyl sites for hydroxylation is 1. The van der Waals surface area contributed by atoms with E-state index in [9.17, 15) is 14.0 Å². The van der Waals surface area contributed by atoms with Crippen LogP contribution in [0.1, 0.15) is 21.6 Å². The molecule has 3 N–H and O–H groups in total. The van der Waals surface area contributed by atoms with Gasteiger partial charge in [-0.15, -0.1) is 0 Å². The Bertz CT molecular complexity index is 1260. The Labute approximate surface area is 165 Å². The number of para-hydroxylation sites is 1. The van der Waals surface area contributed by atoms with Crippen molar-refractivity contribution in [3.05, 3.63) is 87.6 Å². The number of aromatic amines is 2. The fourth-order valence-corrected chi connectivity index (χ4v) is 3.17. The zero-order chi connectivity index (χ0) is 20.4. The molecule has 0 fully saturated rings. The number of rotatable bonds is 5. The van der Waals surface area contributed by atoms with Crippen LogP contribution in [0, 0.1) is 12.7 Å². The Morgan fingerprint density at radius 3 is 2.79 bits per heavy atom. The van der Waals surface area contributed by atoms with Crippen LogP contribution in [-0.4, -0.2) is 27.6 Å². The van der Waals surface area contributed by atoms with Crippen LogP contribution in [0.3, 0.4) is 0 Å². The van der Waals surface area contributed by atoms with Gasteiger partial charge in [0.15, 0.2) is 0 Å². The summed E-state index contributed by atoms with van der Waals surface area (Å²) in [6.45, 7) is 1.98. The minimum atomic E-state index is -0.320. The van der Waals surface area contributed by atoms with Crippen LogP contribution in [0.2, 0.25) is 0 Å². The molecular weight excluding hydrogens is 371 g/mol. The van der Waals surface area contributed by atoms with E-state index < -0.39 is 0 Å². The number of pyridine rings is 1. The topological polar surface area (TPSA) is 90.6 Å². The first kappa shape index (κ1) is 18.6. The number of aromatic nitrogens is 3. The van der Waals surface area contributed by atoms with E-state index in [-0.39, 0.29) is 17.3 Å². The Morgan fingerprint density at radius 1 is 1.14 bits per heavy atom. The molecule has 2 heterocycles. The van der Waals surface area contributed by atoms with Crippen molar-refractivity contribution in [1.29, 1.82) is 0 Å². The number of hydrogen-bond acceptors (Lipinski definition) is 3. The molecule has 0 spiro atoms. The van der Waals surface area contributed by atoms with Gasteiger partial charge in [0.1, 0.15) is 11.5 Å². The summed E-state index contributed by atoms with van der Waals surface area (Å²) in [5, 5.41) is 10.6. The van der Waals surface area contributed by atoms with Crippen LogP contribution in [0.25, 0.3) is 22.2 Å². The summed E-state index contributed by atoms with van der Waals surface area (Å²) >= 11 is 0. The van der Waals surface area contributed by atoms with Crippen molar-refractivity contribution in [2.75, 3.05) is 6.54 Å². The lowest BCUT2D eigenvalue weighted by molar-refractivity contribution is 0.0949. The third-order valence-corrected chi connectivity index (χ3v) is 4.79. The number of carbonyl (C=O) groups excluding carboxylic acids is 1. The standard InChI is InChI=1S/C22H19FN4O2/c1-13-10-15(6-7-17(13)23)19-12-20(27-26-19)22(29)24-9-8-16-11-14-4-2-3-5-18(14)25-21(16)28/h2-7,10-12H,8-9H2,1H3,(H,24,29)(H,25,28)(H,26,27). The van der Waals surface area contributed by atoms with Gasteiger partial charge in [-0.2, -0.15) is 5.10 Å². The predicted octanol–water partition coefficient (Wildman–Crippen LogP) is 3.34. The molecule has 6 nitrogen and oxygen atoms in total. The number of carbonyl (C=O) groups is 1. The van der Waals surface area contributed by atoms with E-state index in [2.05, 4.69) is 20.5 Å². The van der Waals surface area contributed by atoms with Gasteiger partial charge in [0, 0.05) is 23.2 Å². The van der Waals surface area contributed by atoms with Crippen LogP contribution in [0.5, 0.6) is 0 Å². The van der Waals surface area contributed by atoms with Gasteiger partial charge in [-0.25, -0.2) is 4.39 Å². The lowest BCUT2D eigenvalue weighted by atomic mass is 10.1. The fourth-order valence-electron chi connectivity index (χ4n) is 3.17. The number of nitrogens with zero attached hydrogens (tertiary/aromatic N) is 1. The maximum Gasteiger partial charge on any atom is 0.269 e. The number of H-pyrrole nitrogens is 2. The Balaban J connectivity index is 1.41. The number of benzene rings is 2. The normalized spacial score (nSPS) is 11.0. The van der Waals surface area contributed by atoms with Gasteiger partial charge < -0.3 is 10.3 Å². The predicted molar refractivity (Wildman–Crippen MR) is 109 cm³/mol. The van der Waals surface area contributed by atoms with Crippen LogP contribution in [-0.2, 0) is 6.42 Å². The van der Waals surface area contributed by atoms with Crippen LogP contribution in [0.4, 0.5) is 4.39 Å². The Morgan fingerprint density at radius 2 is 1.97 bits per heavy atom. The van der Waals surface area contributed by atoms with Crippen molar-refractivity contribution in [1.82, 2.24) is 20.5 Å². The molecule has 0 bridgehead atoms. The van der Waals surface area contributed by atoms with Crippen molar-refractivity contribution >= 4 is 16.8 Å². The molecule has 0 aliphatic carbocycles. The van der Waals surface area contributed by atoms with Gasteiger partial charge in [0.2, 0.25) is 0 Å². The molecule has 0 atom stereocenters. The highest BCUT2D eigenvalue weighted by Crippen LogP contribution is 2.20. The number of amides is 1. The van der Waals surface area contributed by atoms with Crippen molar-refractivity contribution in [3.8, 4) is 11.3 Å². The molecule has 0 aliphatic heterocycles. The van der Waals surface area contributed by atoms with Gasteiger partial charge in [0.25, 0.3) is 11.5 Å². The van der Waals surface area contributed by atoms with Crippen molar-refractivity contribution in [2.24, 2.45) is 0 Å². The molecular formula is C22H19FN4O2. The molecule has 1 amide bonds. The van der Waals surface area contributed by atoms with Gasteiger partial charge in [0.05, 0.1) is 5.69 Å². The number of halogens is 1. The van der Waals surface area contributed by atoms with Gasteiger partial charge in [-0.05, 0) is 60.7 Å². The average molecular weight is 390 g/mol. The second-order valence-corrected chi connectivity index (χ2v) is 6.85. The molecule has 146 valence electrons. The SMILES string of the molecule is Cc1cc(-c2cc(C(=O)NCCc3cc4ccccc4[nH]c3=O)[nH]n2)ccc1F. The molecule has 0 unspecified atom stereocenters. The Hall–Kier alpha value is -3.74. The summed E-state index contributed by atoms with van der Waals surface area (Å²) in [7, 11) is 0. The molecule has 2 aromatic carbocycles. The van der Waals surface area contributed by atoms with Crippen molar-refractivity contribution in [3.63, 3.8) is 0 Å². The highest BCUT2D eigenvalue weighted by molar-refractivity contribution is 5.93. The summed E-state index contributed by atoms with van der Waals surface area (Å²) in [6.07, 6.45) is 0.407. The smallest absolute Gasteiger partial charge is 0.269 e. The second-order valence-electron chi connectivity index (χ2n) is 6.85. The maximum atomic E-state index is 13.4. The molecule has 4 rings (SSSR count). The van der Waals surface area contributed by atoms with Crippen LogP contribution in [0.15, 0.2) is 59.4 Å². The molecule has 0 radical (unpaired) electrons. The number of hydrogen-bond donors (Lipinski definition) is 3. The Kier molecular flexibility index (Phi) is 4.95. The molecule has 0 aliphatic rings. The number of nitrogens with one attached hydrogen (secondary N) is 3. The third kappa shape index (κ3) is 3.94. The van der Waals surface area contributed by atoms with E-state index in [0.717, 1.165) is 16.5 Å². The monoisotopic (exact) mass is 390 g/mol. The first-order valence-electron chi connectivity index (χ1n) is 9.22. The van der Waals surface area contributed by atoms with E-state index in [1.807, 2.05) is 30.3 Å². The highest BCUT2D eigenvalue weighted by atomic mass is 19.1. The van der Waals surface area contributed by atoms with Gasteiger partial charge >= 0.3 is 0 Å². The van der Waals surface area contributed by atoms with Crippen molar-refractivity contribution < 1.29 is 9.18 Å². The minimum absolute atomic E-state index is 0.159. The maximum absolute atomic E-state index is 13.4. The van der Waals surface area contributed by atoms with Gasteiger partial charge in [-0.1, -0.05) is 18.2 Å². The zero-order valence-electron chi connectivity index (χ0n) is 15.8. The van der Waals surface area contributed by atoms with E-state index in [4.69, 9.17) is 0 Å². The van der Waals surface area contributed by atoms with E-state index >= 15 is 0 Å². The fraction of sp³-hybridized carbons (Fsp3) is 0.136. The lowest BCUT2D eigenvalue weighted by Crippen LogP contribution is -2.27. The molecule has 0 saturated heterocycles. The third-order valence-electron chi connectivity index (χ3n) is 4.79. The van der Waals surface area contributed by atoms with Crippen molar-refractivity contribution in [2.45, 2.75) is 13.3 Å². The first-order chi connectivity index (χ1) is 14.0. The zero-order valence-corrected chi connectivity index (χ0v) is 15.8. The van der Waals surface area contributed by atoms with E-state index in [1.165, 1.54) is 6.07 Å². The van der Waals surface area contributed by atoms with Crippen LogP contribution < -0.4 is 10.9 Å². The second kappa shape index (κ2) is 7.71. The highest BCUT2D eigenvalue weighted by Gasteiger charge is 2.12. The summed E-state index contributed by atoms with van der Waals surface area (Å²) < 4.78 is 13.4. The first-order valence-corrected chi connectivity index (χ1v) is 9.22. The lowest BCUT2D eigenvalue weighted by Gasteiger charge is -2.05. The molecule has 2 aromatic heterocycles. The number of fused-ring (bicyclic) bond motifs is 1. The molecule has 0 saturated carbocycles. The van der Waals surface area contributed by atoms with Crippen LogP contribution >= 0.6 is 0 Å². The minimum Gasteiger partial charge on any atom is -0.350 e. The average Bonchev–Trinajstić information content (AvgIpc) is 3.21. The quantitative estimate of drug-likeness (QED) is 0.488. The molecule has 29 heavy (non-hydrogen) atoms. The molecule has 7 heteroatoms. The molecule has 4 aromatic rings. The van der Waals surface area contributed by atoms with E-state index in [1.54, 1.807) is 25.1 Å². The largest absolute Gasteiger partial charge is 0.350 e. The summed E-state index contributed by atoms with van der Waals surface area (Å²) in [5.74, 6) is -0.606. The van der Waals surface area contributed by atoms with E-state index in [0.29, 0.717) is 35.5 Å². The summed E-state index contributed by atoms with van der Waals surface area (Å²) in [4.78, 5) is 27.4.